The first-order chi connectivity index (χ1) is 9.58. The Bertz CT molecular complexity index is 562. The summed E-state index contributed by atoms with van der Waals surface area (Å²) in [6.07, 6.45) is 1.66. The summed E-state index contributed by atoms with van der Waals surface area (Å²) in [5.41, 5.74) is 1.92. The van der Waals surface area contributed by atoms with Crippen molar-refractivity contribution in [3.05, 3.63) is 59.5 Å². The van der Waals surface area contributed by atoms with Gasteiger partial charge in [0.2, 0.25) is 0 Å². The molecule has 4 heteroatoms. The molecule has 0 saturated heterocycles. The van der Waals surface area contributed by atoms with Crippen LogP contribution in [0.3, 0.4) is 0 Å². The van der Waals surface area contributed by atoms with E-state index in [1.807, 2.05) is 55.3 Å². The maximum Gasteiger partial charge on any atom is 0.312 e. The van der Waals surface area contributed by atoms with Gasteiger partial charge in [-0.05, 0) is 25.6 Å². The smallest absolute Gasteiger partial charge is 0.312 e. The molecule has 1 unspecified atom stereocenters. The fourth-order valence-corrected chi connectivity index (χ4v) is 2.25. The van der Waals surface area contributed by atoms with Crippen LogP contribution in [0.2, 0.25) is 0 Å². The van der Waals surface area contributed by atoms with Gasteiger partial charge in [0.05, 0.1) is 12.2 Å². The summed E-state index contributed by atoms with van der Waals surface area (Å²) in [7, 11) is 1.92. The highest BCUT2D eigenvalue weighted by Crippen LogP contribution is 2.19. The van der Waals surface area contributed by atoms with Gasteiger partial charge in [-0.3, -0.25) is 4.79 Å². The minimum absolute atomic E-state index is 0.462. The summed E-state index contributed by atoms with van der Waals surface area (Å²) in [6, 6.07) is 11.3. The standard InChI is InChI=1S/C16H19NO3/c1-12-14(8-9-20-12)10-17(2)11-15(16(18)19)13-6-4-3-5-7-13/h3-9,15H,10-11H2,1-2H3,(H,18,19). The number of carboxylic acid groups (broad SMARTS) is 1. The molecule has 0 bridgehead atoms. The average Bonchev–Trinajstić information content (AvgIpc) is 2.82. The third-order valence-corrected chi connectivity index (χ3v) is 3.40. The number of benzene rings is 1. The lowest BCUT2D eigenvalue weighted by Gasteiger charge is -2.21. The van der Waals surface area contributed by atoms with E-state index in [2.05, 4.69) is 0 Å². The van der Waals surface area contributed by atoms with Crippen molar-refractivity contribution in [1.82, 2.24) is 4.90 Å². The number of hydrogen-bond acceptors (Lipinski definition) is 3. The van der Waals surface area contributed by atoms with Crippen molar-refractivity contribution >= 4 is 5.97 Å². The molecule has 0 saturated carbocycles. The molecular formula is C16H19NO3. The second-order valence-electron chi connectivity index (χ2n) is 5.00. The van der Waals surface area contributed by atoms with Gasteiger partial charge in [0.15, 0.2) is 0 Å². The van der Waals surface area contributed by atoms with E-state index in [0.717, 1.165) is 16.9 Å². The van der Waals surface area contributed by atoms with Crippen LogP contribution >= 0.6 is 0 Å². The maximum absolute atomic E-state index is 11.5. The number of carboxylic acids is 1. The molecule has 0 radical (unpaired) electrons. The van der Waals surface area contributed by atoms with Crippen molar-refractivity contribution in [3.63, 3.8) is 0 Å². The number of nitrogens with zero attached hydrogens (tertiary/aromatic N) is 1. The molecular weight excluding hydrogens is 254 g/mol. The largest absolute Gasteiger partial charge is 0.481 e. The van der Waals surface area contributed by atoms with E-state index in [4.69, 9.17) is 4.42 Å². The quantitative estimate of drug-likeness (QED) is 0.879. The summed E-state index contributed by atoms with van der Waals surface area (Å²) in [4.78, 5) is 13.5. The summed E-state index contributed by atoms with van der Waals surface area (Å²) in [5, 5.41) is 9.41. The predicted molar refractivity (Wildman–Crippen MR) is 76.6 cm³/mol. The van der Waals surface area contributed by atoms with Gasteiger partial charge in [0.1, 0.15) is 5.76 Å². The zero-order valence-electron chi connectivity index (χ0n) is 11.7. The molecule has 0 aliphatic heterocycles. The molecule has 1 aromatic heterocycles. The van der Waals surface area contributed by atoms with Crippen LogP contribution in [0.5, 0.6) is 0 Å². The van der Waals surface area contributed by atoms with Crippen LogP contribution in [-0.4, -0.2) is 29.6 Å². The Morgan fingerprint density at radius 1 is 1.30 bits per heavy atom. The van der Waals surface area contributed by atoms with Crippen LogP contribution in [0.1, 0.15) is 22.8 Å². The Labute approximate surface area is 118 Å². The third-order valence-electron chi connectivity index (χ3n) is 3.40. The number of carbonyl (C=O) groups is 1. The van der Waals surface area contributed by atoms with Crippen molar-refractivity contribution in [2.75, 3.05) is 13.6 Å². The molecule has 2 rings (SSSR count). The molecule has 20 heavy (non-hydrogen) atoms. The first-order valence-electron chi connectivity index (χ1n) is 6.57. The summed E-state index contributed by atoms with van der Waals surface area (Å²) in [5.74, 6) is -0.441. The van der Waals surface area contributed by atoms with Crippen molar-refractivity contribution in [2.45, 2.75) is 19.4 Å². The van der Waals surface area contributed by atoms with Crippen LogP contribution in [-0.2, 0) is 11.3 Å². The van der Waals surface area contributed by atoms with E-state index in [0.29, 0.717) is 13.1 Å². The zero-order chi connectivity index (χ0) is 14.5. The topological polar surface area (TPSA) is 53.7 Å². The summed E-state index contributed by atoms with van der Waals surface area (Å²) >= 11 is 0. The molecule has 1 aromatic carbocycles. The highest BCUT2D eigenvalue weighted by atomic mass is 16.4. The molecule has 0 aliphatic rings. The molecule has 0 aliphatic carbocycles. The lowest BCUT2D eigenvalue weighted by molar-refractivity contribution is -0.139. The SMILES string of the molecule is Cc1occc1CN(C)CC(C(=O)O)c1ccccc1. The van der Waals surface area contributed by atoms with Gasteiger partial charge in [-0.25, -0.2) is 0 Å². The third kappa shape index (κ3) is 3.48. The molecule has 2 aromatic rings. The molecule has 4 nitrogen and oxygen atoms in total. The van der Waals surface area contributed by atoms with E-state index in [1.165, 1.54) is 0 Å². The minimum atomic E-state index is -0.799. The lowest BCUT2D eigenvalue weighted by Crippen LogP contribution is -2.28. The second kappa shape index (κ2) is 6.39. The Balaban J connectivity index is 2.05. The zero-order valence-corrected chi connectivity index (χ0v) is 11.7. The van der Waals surface area contributed by atoms with E-state index in [1.54, 1.807) is 6.26 Å². The molecule has 1 heterocycles. The molecule has 0 amide bonds. The van der Waals surface area contributed by atoms with Gasteiger partial charge in [-0.15, -0.1) is 0 Å². The van der Waals surface area contributed by atoms with Crippen molar-refractivity contribution in [3.8, 4) is 0 Å². The van der Waals surface area contributed by atoms with E-state index < -0.39 is 11.9 Å². The van der Waals surface area contributed by atoms with E-state index in [9.17, 15) is 9.90 Å². The number of hydrogen-bond donors (Lipinski definition) is 1. The lowest BCUT2D eigenvalue weighted by atomic mass is 9.98. The number of rotatable bonds is 6. The van der Waals surface area contributed by atoms with Gasteiger partial charge in [0.25, 0.3) is 0 Å². The van der Waals surface area contributed by atoms with Crippen molar-refractivity contribution < 1.29 is 14.3 Å². The Morgan fingerprint density at radius 2 is 2.00 bits per heavy atom. The van der Waals surface area contributed by atoms with Crippen LogP contribution in [0.15, 0.2) is 47.1 Å². The molecule has 0 spiro atoms. The number of furan rings is 1. The van der Waals surface area contributed by atoms with Crippen molar-refractivity contribution in [2.24, 2.45) is 0 Å². The van der Waals surface area contributed by atoms with Crippen LogP contribution in [0.4, 0.5) is 0 Å². The van der Waals surface area contributed by atoms with Gasteiger partial charge in [-0.1, -0.05) is 30.3 Å². The summed E-state index contributed by atoms with van der Waals surface area (Å²) in [6.45, 7) is 3.05. The van der Waals surface area contributed by atoms with Gasteiger partial charge in [0, 0.05) is 18.7 Å². The van der Waals surface area contributed by atoms with Crippen molar-refractivity contribution in [1.29, 1.82) is 0 Å². The molecule has 106 valence electrons. The second-order valence-corrected chi connectivity index (χ2v) is 5.00. The van der Waals surface area contributed by atoms with Gasteiger partial charge >= 0.3 is 5.97 Å². The monoisotopic (exact) mass is 273 g/mol. The maximum atomic E-state index is 11.5. The average molecular weight is 273 g/mol. The first kappa shape index (κ1) is 14.3. The highest BCUT2D eigenvalue weighted by molar-refractivity contribution is 5.76. The number of likely N-dealkylation sites (N-methyl/N-ethyl adjacent to an activating group) is 1. The molecule has 1 N–H and O–H groups in total. The van der Waals surface area contributed by atoms with Crippen LogP contribution in [0.25, 0.3) is 0 Å². The van der Waals surface area contributed by atoms with Gasteiger partial charge in [-0.2, -0.15) is 0 Å². The Morgan fingerprint density at radius 3 is 2.55 bits per heavy atom. The van der Waals surface area contributed by atoms with Crippen LogP contribution < -0.4 is 0 Å². The van der Waals surface area contributed by atoms with E-state index in [-0.39, 0.29) is 0 Å². The predicted octanol–water partition coefficient (Wildman–Crippen LogP) is 2.89. The minimum Gasteiger partial charge on any atom is -0.481 e. The summed E-state index contributed by atoms with van der Waals surface area (Å²) < 4.78 is 5.26. The molecule has 1 atom stereocenters. The fourth-order valence-electron chi connectivity index (χ4n) is 2.25. The fraction of sp³-hybridized carbons (Fsp3) is 0.312. The highest BCUT2D eigenvalue weighted by Gasteiger charge is 2.21. The number of aliphatic carboxylic acids is 1. The molecule has 0 fully saturated rings. The first-order valence-corrected chi connectivity index (χ1v) is 6.57. The normalized spacial score (nSPS) is 12.6. The Hall–Kier alpha value is -2.07. The number of aryl methyl sites for hydroxylation is 1. The Kier molecular flexibility index (Phi) is 4.58. The van der Waals surface area contributed by atoms with Gasteiger partial charge < -0.3 is 14.4 Å². The van der Waals surface area contributed by atoms with Crippen LogP contribution in [0, 0.1) is 6.92 Å². The van der Waals surface area contributed by atoms with E-state index >= 15 is 0 Å².